The lowest BCUT2D eigenvalue weighted by atomic mass is 10.1. The van der Waals surface area contributed by atoms with Gasteiger partial charge in [-0.25, -0.2) is 0 Å². The summed E-state index contributed by atoms with van der Waals surface area (Å²) in [6.45, 7) is 2.11. The Morgan fingerprint density at radius 3 is 2.91 bits per heavy atom. The van der Waals surface area contributed by atoms with Gasteiger partial charge >= 0.3 is 0 Å². The molecule has 1 aromatic carbocycles. The molecule has 1 heteroatoms. The zero-order valence-corrected chi connectivity index (χ0v) is 7.15. The summed E-state index contributed by atoms with van der Waals surface area (Å²) in [4.78, 5) is 0. The fourth-order valence-electron chi connectivity index (χ4n) is 1.55. The van der Waals surface area contributed by atoms with Crippen molar-refractivity contribution >= 4 is 17.2 Å². The van der Waals surface area contributed by atoms with Crippen LogP contribution in [-0.2, 0) is 6.42 Å². The van der Waals surface area contributed by atoms with Gasteiger partial charge in [0.15, 0.2) is 0 Å². The number of allylic oxidation sites excluding steroid dienone is 2. The van der Waals surface area contributed by atoms with Gasteiger partial charge in [0.05, 0.1) is 0 Å². The molecule has 11 heavy (non-hydrogen) atoms. The van der Waals surface area contributed by atoms with E-state index in [9.17, 15) is 0 Å². The van der Waals surface area contributed by atoms with Crippen LogP contribution >= 0.6 is 11.6 Å². The normalized spacial score (nSPS) is 14.5. The molecular formula is C10H9Cl. The Hall–Kier alpha value is -0.750. The second-order valence-electron chi connectivity index (χ2n) is 2.87. The van der Waals surface area contributed by atoms with Gasteiger partial charge in [-0.3, -0.25) is 0 Å². The van der Waals surface area contributed by atoms with Gasteiger partial charge in [-0.2, -0.15) is 0 Å². The van der Waals surface area contributed by atoms with E-state index in [0.717, 1.165) is 11.4 Å². The van der Waals surface area contributed by atoms with Gasteiger partial charge < -0.3 is 0 Å². The Morgan fingerprint density at radius 1 is 1.36 bits per heavy atom. The molecule has 0 saturated carbocycles. The highest BCUT2D eigenvalue weighted by Crippen LogP contribution is 2.32. The molecule has 0 heterocycles. The minimum Gasteiger partial charge on any atom is -0.0837 e. The topological polar surface area (TPSA) is 0 Å². The largest absolute Gasteiger partial charge is 0.0837 e. The maximum absolute atomic E-state index is 6.02. The summed E-state index contributed by atoms with van der Waals surface area (Å²) in [7, 11) is 0. The molecule has 56 valence electrons. The molecule has 0 saturated heterocycles. The maximum Gasteiger partial charge on any atom is 0.0483 e. The predicted molar refractivity (Wildman–Crippen MR) is 48.8 cm³/mol. The van der Waals surface area contributed by atoms with E-state index in [-0.39, 0.29) is 0 Å². The van der Waals surface area contributed by atoms with Crippen LogP contribution in [0, 0.1) is 0 Å². The molecule has 0 spiro atoms. The SMILES string of the molecule is CC1=CCc2cccc(Cl)c21. The van der Waals surface area contributed by atoms with E-state index in [1.54, 1.807) is 0 Å². The Kier molecular flexibility index (Phi) is 1.50. The van der Waals surface area contributed by atoms with E-state index in [1.165, 1.54) is 16.7 Å². The number of benzene rings is 1. The molecule has 2 rings (SSSR count). The third kappa shape index (κ3) is 0.982. The van der Waals surface area contributed by atoms with Gasteiger partial charge in [-0.1, -0.05) is 29.8 Å². The van der Waals surface area contributed by atoms with Crippen molar-refractivity contribution in [3.63, 3.8) is 0 Å². The summed E-state index contributed by atoms with van der Waals surface area (Å²) in [6, 6.07) is 6.09. The molecule has 0 aromatic heterocycles. The minimum absolute atomic E-state index is 0.883. The molecule has 0 atom stereocenters. The van der Waals surface area contributed by atoms with E-state index in [2.05, 4.69) is 19.1 Å². The number of hydrogen-bond acceptors (Lipinski definition) is 0. The van der Waals surface area contributed by atoms with Gasteiger partial charge in [-0.05, 0) is 36.1 Å². The standard InChI is InChI=1S/C10H9Cl/c1-7-5-6-8-3-2-4-9(11)10(7)8/h2-5H,6H2,1H3. The Morgan fingerprint density at radius 2 is 2.18 bits per heavy atom. The van der Waals surface area contributed by atoms with E-state index in [4.69, 9.17) is 11.6 Å². The summed E-state index contributed by atoms with van der Waals surface area (Å²) in [6.07, 6.45) is 3.26. The van der Waals surface area contributed by atoms with E-state index in [1.807, 2.05) is 12.1 Å². The highest BCUT2D eigenvalue weighted by molar-refractivity contribution is 6.32. The molecule has 1 aliphatic carbocycles. The predicted octanol–water partition coefficient (Wildman–Crippen LogP) is 3.30. The highest BCUT2D eigenvalue weighted by atomic mass is 35.5. The van der Waals surface area contributed by atoms with Gasteiger partial charge in [0.25, 0.3) is 0 Å². The van der Waals surface area contributed by atoms with Crippen molar-refractivity contribution in [1.82, 2.24) is 0 Å². The molecule has 0 bridgehead atoms. The van der Waals surface area contributed by atoms with Crippen LogP contribution in [0.25, 0.3) is 5.57 Å². The molecule has 0 nitrogen and oxygen atoms in total. The van der Waals surface area contributed by atoms with Gasteiger partial charge in [0.2, 0.25) is 0 Å². The first-order valence-corrected chi connectivity index (χ1v) is 4.11. The molecule has 0 unspecified atom stereocenters. The van der Waals surface area contributed by atoms with Crippen LogP contribution in [0.2, 0.25) is 5.02 Å². The van der Waals surface area contributed by atoms with Crippen LogP contribution in [0.15, 0.2) is 24.3 Å². The van der Waals surface area contributed by atoms with E-state index in [0.29, 0.717) is 0 Å². The van der Waals surface area contributed by atoms with Crippen molar-refractivity contribution in [3.05, 3.63) is 40.4 Å². The number of hydrogen-bond donors (Lipinski definition) is 0. The second kappa shape index (κ2) is 2.38. The number of halogens is 1. The molecular weight excluding hydrogens is 156 g/mol. The highest BCUT2D eigenvalue weighted by Gasteiger charge is 2.12. The summed E-state index contributed by atoms with van der Waals surface area (Å²) < 4.78 is 0. The van der Waals surface area contributed by atoms with Crippen molar-refractivity contribution in [1.29, 1.82) is 0 Å². The summed E-state index contributed by atoms with van der Waals surface area (Å²) in [5.74, 6) is 0. The van der Waals surface area contributed by atoms with Gasteiger partial charge in [0.1, 0.15) is 0 Å². The molecule has 0 amide bonds. The first-order chi connectivity index (χ1) is 5.29. The lowest BCUT2D eigenvalue weighted by Gasteiger charge is -2.02. The van der Waals surface area contributed by atoms with Gasteiger partial charge in [0, 0.05) is 5.02 Å². The average Bonchev–Trinajstić information content (AvgIpc) is 2.34. The summed E-state index contributed by atoms with van der Waals surface area (Å²) >= 11 is 6.02. The van der Waals surface area contributed by atoms with E-state index < -0.39 is 0 Å². The fraction of sp³-hybridized carbons (Fsp3) is 0.200. The Bertz CT molecular complexity index is 324. The number of fused-ring (bicyclic) bond motifs is 1. The minimum atomic E-state index is 0.883. The zero-order chi connectivity index (χ0) is 7.84. The lowest BCUT2D eigenvalue weighted by Crippen LogP contribution is -1.82. The van der Waals surface area contributed by atoms with Crippen LogP contribution in [-0.4, -0.2) is 0 Å². The van der Waals surface area contributed by atoms with Crippen molar-refractivity contribution in [3.8, 4) is 0 Å². The van der Waals surface area contributed by atoms with Crippen LogP contribution in [0.5, 0.6) is 0 Å². The quantitative estimate of drug-likeness (QED) is 0.552. The van der Waals surface area contributed by atoms with Crippen LogP contribution in [0.4, 0.5) is 0 Å². The first-order valence-electron chi connectivity index (χ1n) is 3.73. The number of rotatable bonds is 0. The van der Waals surface area contributed by atoms with Crippen molar-refractivity contribution in [2.24, 2.45) is 0 Å². The van der Waals surface area contributed by atoms with Gasteiger partial charge in [-0.15, -0.1) is 0 Å². The molecule has 0 N–H and O–H groups in total. The summed E-state index contributed by atoms with van der Waals surface area (Å²) in [5.41, 5.74) is 3.91. The first kappa shape index (κ1) is 6.93. The second-order valence-corrected chi connectivity index (χ2v) is 3.27. The molecule has 0 fully saturated rings. The third-order valence-electron chi connectivity index (χ3n) is 2.12. The van der Waals surface area contributed by atoms with Crippen LogP contribution in [0.1, 0.15) is 18.1 Å². The van der Waals surface area contributed by atoms with Crippen LogP contribution < -0.4 is 0 Å². The van der Waals surface area contributed by atoms with Crippen LogP contribution in [0.3, 0.4) is 0 Å². The smallest absolute Gasteiger partial charge is 0.0483 e. The van der Waals surface area contributed by atoms with Crippen molar-refractivity contribution in [2.45, 2.75) is 13.3 Å². The zero-order valence-electron chi connectivity index (χ0n) is 6.39. The molecule has 1 aromatic rings. The monoisotopic (exact) mass is 164 g/mol. The van der Waals surface area contributed by atoms with Crippen molar-refractivity contribution < 1.29 is 0 Å². The maximum atomic E-state index is 6.02. The average molecular weight is 165 g/mol. The summed E-state index contributed by atoms with van der Waals surface area (Å²) in [5, 5.41) is 0.883. The Balaban J connectivity index is 2.67. The lowest BCUT2D eigenvalue weighted by molar-refractivity contribution is 1.31. The van der Waals surface area contributed by atoms with E-state index >= 15 is 0 Å². The molecule has 1 aliphatic rings. The Labute approximate surface area is 71.5 Å². The fourth-order valence-corrected chi connectivity index (χ4v) is 1.89. The molecule has 0 radical (unpaired) electrons. The van der Waals surface area contributed by atoms with Crippen molar-refractivity contribution in [2.75, 3.05) is 0 Å². The molecule has 0 aliphatic heterocycles. The third-order valence-corrected chi connectivity index (χ3v) is 2.44.